The molecule has 2 aliphatic rings. The number of hydrogen-bond acceptors (Lipinski definition) is 1. The second-order valence-electron chi connectivity index (χ2n) is 9.86. The van der Waals surface area contributed by atoms with Gasteiger partial charge in [-0.15, -0.1) is 0 Å². The van der Waals surface area contributed by atoms with Crippen LogP contribution in [-0.2, 0) is 0 Å². The third-order valence-electron chi connectivity index (χ3n) is 7.97. The Labute approximate surface area is 196 Å². The highest BCUT2D eigenvalue weighted by molar-refractivity contribution is 5.52. The number of ether oxygens (including phenoxy) is 1. The summed E-state index contributed by atoms with van der Waals surface area (Å²) in [5, 5.41) is 0. The summed E-state index contributed by atoms with van der Waals surface area (Å²) in [6.07, 6.45) is 12.9. The van der Waals surface area contributed by atoms with Gasteiger partial charge in [0.05, 0.1) is 7.11 Å². The normalized spacial score (nSPS) is 26.0. The van der Waals surface area contributed by atoms with Gasteiger partial charge in [0.1, 0.15) is 0 Å². The summed E-state index contributed by atoms with van der Waals surface area (Å²) < 4.78 is 48.7. The number of rotatable bonds is 6. The van der Waals surface area contributed by atoms with Crippen molar-refractivity contribution in [3.8, 4) is 5.75 Å². The first-order valence-corrected chi connectivity index (χ1v) is 12.5. The standard InChI is InChI=1S/C29H35F3O/c1-3-19-4-11-22(12-5-19)25-16-14-23(28(31)29(25)32)13-8-20-6-9-21(10-7-20)24-15-17-27(33-2)26(30)18-24/h8,13-22H,3-7,9-12H2,1-2H3/b13-8+. The molecule has 0 radical (unpaired) electrons. The van der Waals surface area contributed by atoms with Crippen molar-refractivity contribution in [1.82, 2.24) is 0 Å². The summed E-state index contributed by atoms with van der Waals surface area (Å²) in [6.45, 7) is 2.21. The lowest BCUT2D eigenvalue weighted by Gasteiger charge is -2.28. The molecule has 0 aromatic heterocycles. The minimum absolute atomic E-state index is 0.137. The Morgan fingerprint density at radius 2 is 1.55 bits per heavy atom. The van der Waals surface area contributed by atoms with Crippen LogP contribution in [-0.4, -0.2) is 7.11 Å². The van der Waals surface area contributed by atoms with Crippen LogP contribution < -0.4 is 4.74 Å². The summed E-state index contributed by atoms with van der Waals surface area (Å²) in [5.74, 6) is 0.0856. The van der Waals surface area contributed by atoms with Crippen molar-refractivity contribution in [2.24, 2.45) is 11.8 Å². The van der Waals surface area contributed by atoms with E-state index in [4.69, 9.17) is 4.74 Å². The average molecular weight is 457 g/mol. The Bertz CT molecular complexity index is 967. The van der Waals surface area contributed by atoms with Crippen LogP contribution in [0.15, 0.2) is 36.4 Å². The Balaban J connectivity index is 1.36. The van der Waals surface area contributed by atoms with E-state index >= 15 is 0 Å². The number of hydrogen-bond donors (Lipinski definition) is 0. The van der Waals surface area contributed by atoms with Gasteiger partial charge >= 0.3 is 0 Å². The van der Waals surface area contributed by atoms with Crippen LogP contribution in [0.4, 0.5) is 13.2 Å². The van der Waals surface area contributed by atoms with Crippen LogP contribution >= 0.6 is 0 Å². The van der Waals surface area contributed by atoms with E-state index in [-0.39, 0.29) is 17.5 Å². The first kappa shape index (κ1) is 23.9. The second-order valence-corrected chi connectivity index (χ2v) is 9.86. The topological polar surface area (TPSA) is 9.23 Å². The molecule has 0 saturated heterocycles. The van der Waals surface area contributed by atoms with E-state index in [0.717, 1.165) is 62.8 Å². The molecule has 4 rings (SSSR count). The summed E-state index contributed by atoms with van der Waals surface area (Å²) >= 11 is 0. The minimum Gasteiger partial charge on any atom is -0.494 e. The van der Waals surface area contributed by atoms with Crippen molar-refractivity contribution in [3.63, 3.8) is 0 Å². The zero-order valence-corrected chi connectivity index (χ0v) is 19.8. The molecule has 0 amide bonds. The molecule has 4 heteroatoms. The molecule has 2 aromatic rings. The average Bonchev–Trinajstić information content (AvgIpc) is 2.85. The maximum absolute atomic E-state index is 14.9. The van der Waals surface area contributed by atoms with E-state index in [1.807, 2.05) is 12.1 Å². The van der Waals surface area contributed by atoms with Crippen molar-refractivity contribution in [3.05, 3.63) is 70.5 Å². The summed E-state index contributed by atoms with van der Waals surface area (Å²) in [6, 6.07) is 8.74. The van der Waals surface area contributed by atoms with Crippen LogP contribution in [0, 0.1) is 29.3 Å². The maximum atomic E-state index is 14.9. The van der Waals surface area contributed by atoms with Crippen LogP contribution in [0.2, 0.25) is 0 Å². The largest absolute Gasteiger partial charge is 0.494 e. The van der Waals surface area contributed by atoms with E-state index in [2.05, 4.69) is 6.92 Å². The molecule has 33 heavy (non-hydrogen) atoms. The van der Waals surface area contributed by atoms with Crippen LogP contribution in [0.1, 0.15) is 93.2 Å². The van der Waals surface area contributed by atoms with Gasteiger partial charge in [-0.25, -0.2) is 13.2 Å². The first-order valence-electron chi connectivity index (χ1n) is 12.5. The molecule has 2 fully saturated rings. The second kappa shape index (κ2) is 10.8. The van der Waals surface area contributed by atoms with E-state index in [1.54, 1.807) is 30.3 Å². The SMILES string of the molecule is CCC1CCC(c2ccc(/C=C/C3CCC(c4ccc(OC)c(F)c4)CC3)c(F)c2F)CC1. The highest BCUT2D eigenvalue weighted by atomic mass is 19.2. The number of benzene rings is 2. The lowest BCUT2D eigenvalue weighted by Crippen LogP contribution is -2.14. The highest BCUT2D eigenvalue weighted by Crippen LogP contribution is 2.40. The fourth-order valence-electron chi connectivity index (χ4n) is 5.73. The fourth-order valence-corrected chi connectivity index (χ4v) is 5.73. The maximum Gasteiger partial charge on any atom is 0.166 e. The molecule has 0 spiro atoms. The summed E-state index contributed by atoms with van der Waals surface area (Å²) in [7, 11) is 1.47. The van der Waals surface area contributed by atoms with Gasteiger partial charge < -0.3 is 4.74 Å². The Hall–Kier alpha value is -2.23. The molecule has 0 bridgehead atoms. The van der Waals surface area contributed by atoms with E-state index in [1.165, 1.54) is 13.5 Å². The Morgan fingerprint density at radius 3 is 2.18 bits per heavy atom. The van der Waals surface area contributed by atoms with Gasteiger partial charge in [0.15, 0.2) is 23.2 Å². The van der Waals surface area contributed by atoms with Gasteiger partial charge in [-0.2, -0.15) is 0 Å². The Kier molecular flexibility index (Phi) is 7.82. The predicted octanol–water partition coefficient (Wildman–Crippen LogP) is 8.78. The number of methoxy groups -OCH3 is 1. The fraction of sp³-hybridized carbons (Fsp3) is 0.517. The molecule has 0 aliphatic heterocycles. The van der Waals surface area contributed by atoms with Gasteiger partial charge in [0.25, 0.3) is 0 Å². The third kappa shape index (κ3) is 5.47. The summed E-state index contributed by atoms with van der Waals surface area (Å²) in [5.41, 5.74) is 1.89. The minimum atomic E-state index is -0.719. The molecule has 2 aliphatic carbocycles. The van der Waals surface area contributed by atoms with Gasteiger partial charge in [0.2, 0.25) is 0 Å². The molecule has 0 N–H and O–H groups in total. The van der Waals surface area contributed by atoms with Crippen LogP contribution in [0.25, 0.3) is 6.08 Å². The predicted molar refractivity (Wildman–Crippen MR) is 128 cm³/mol. The van der Waals surface area contributed by atoms with E-state index in [0.29, 0.717) is 23.0 Å². The third-order valence-corrected chi connectivity index (χ3v) is 7.97. The van der Waals surface area contributed by atoms with Gasteiger partial charge in [-0.3, -0.25) is 0 Å². The molecule has 0 heterocycles. The number of allylic oxidation sites excluding steroid dienone is 1. The van der Waals surface area contributed by atoms with Gasteiger partial charge in [-0.1, -0.05) is 43.7 Å². The van der Waals surface area contributed by atoms with Crippen LogP contribution in [0.3, 0.4) is 0 Å². The monoisotopic (exact) mass is 456 g/mol. The molecule has 1 nitrogen and oxygen atoms in total. The van der Waals surface area contributed by atoms with Crippen molar-refractivity contribution in [1.29, 1.82) is 0 Å². The smallest absolute Gasteiger partial charge is 0.166 e. The quantitative estimate of drug-likeness (QED) is 0.422. The van der Waals surface area contributed by atoms with E-state index < -0.39 is 11.6 Å². The van der Waals surface area contributed by atoms with Crippen molar-refractivity contribution in [2.75, 3.05) is 7.11 Å². The van der Waals surface area contributed by atoms with Crippen LogP contribution in [0.5, 0.6) is 5.75 Å². The zero-order valence-electron chi connectivity index (χ0n) is 19.8. The lowest BCUT2D eigenvalue weighted by molar-refractivity contribution is 0.312. The molecule has 178 valence electrons. The van der Waals surface area contributed by atoms with Gasteiger partial charge in [0, 0.05) is 5.56 Å². The van der Waals surface area contributed by atoms with Crippen molar-refractivity contribution in [2.45, 2.75) is 76.5 Å². The van der Waals surface area contributed by atoms with E-state index in [9.17, 15) is 13.2 Å². The van der Waals surface area contributed by atoms with Crippen molar-refractivity contribution < 1.29 is 17.9 Å². The molecular weight excluding hydrogens is 421 g/mol. The Morgan fingerprint density at radius 1 is 0.848 bits per heavy atom. The number of halogens is 3. The van der Waals surface area contributed by atoms with Crippen molar-refractivity contribution >= 4 is 6.08 Å². The lowest BCUT2D eigenvalue weighted by atomic mass is 9.77. The zero-order chi connectivity index (χ0) is 23.4. The highest BCUT2D eigenvalue weighted by Gasteiger charge is 2.26. The first-order chi connectivity index (χ1) is 16.0. The molecule has 0 unspecified atom stereocenters. The molecule has 0 atom stereocenters. The van der Waals surface area contributed by atoms with Gasteiger partial charge in [-0.05, 0) is 98.3 Å². The molecule has 2 saturated carbocycles. The molecule has 2 aromatic carbocycles. The summed E-state index contributed by atoms with van der Waals surface area (Å²) in [4.78, 5) is 0. The molecular formula is C29H35F3O.